The van der Waals surface area contributed by atoms with Crippen molar-refractivity contribution in [1.29, 1.82) is 0 Å². The third kappa shape index (κ3) is 3.22. The van der Waals surface area contributed by atoms with Crippen molar-refractivity contribution in [2.75, 3.05) is 5.75 Å². The SMILES string of the molecule is CC(=O)[C@H]1S/C(=C\[N+](=O)[O-])SC[C@@]1(C)O. The van der Waals surface area contributed by atoms with E-state index in [4.69, 9.17) is 0 Å². The van der Waals surface area contributed by atoms with E-state index in [9.17, 15) is 20.0 Å². The number of hydrogen-bond acceptors (Lipinski definition) is 6. The lowest BCUT2D eigenvalue weighted by molar-refractivity contribution is -0.402. The summed E-state index contributed by atoms with van der Waals surface area (Å²) in [6, 6.07) is 0. The number of nitrogens with zero attached hydrogens (tertiary/aromatic N) is 1. The number of nitro groups is 1. The Hall–Kier alpha value is -0.530. The van der Waals surface area contributed by atoms with Crippen LogP contribution < -0.4 is 0 Å². The number of carbonyl (C=O) groups excluding carboxylic acids is 1. The van der Waals surface area contributed by atoms with Crippen LogP contribution in [-0.4, -0.2) is 32.4 Å². The normalized spacial score (nSPS) is 34.1. The molecule has 0 unspecified atom stereocenters. The first-order chi connectivity index (χ1) is 6.83. The molecule has 5 nitrogen and oxygen atoms in total. The summed E-state index contributed by atoms with van der Waals surface area (Å²) in [5, 5.41) is 19.5. The minimum Gasteiger partial charge on any atom is -0.388 e. The molecule has 0 saturated carbocycles. The summed E-state index contributed by atoms with van der Waals surface area (Å²) in [5.74, 6) is 0.128. The molecule has 1 fully saturated rings. The largest absolute Gasteiger partial charge is 0.388 e. The highest BCUT2D eigenvalue weighted by atomic mass is 32.2. The van der Waals surface area contributed by atoms with Gasteiger partial charge in [0.1, 0.15) is 10.0 Å². The van der Waals surface area contributed by atoms with Gasteiger partial charge < -0.3 is 5.11 Å². The molecule has 15 heavy (non-hydrogen) atoms. The van der Waals surface area contributed by atoms with Gasteiger partial charge in [0.05, 0.1) is 15.8 Å². The van der Waals surface area contributed by atoms with Gasteiger partial charge in [0.15, 0.2) is 0 Å². The second-order valence-corrected chi connectivity index (χ2v) is 5.91. The van der Waals surface area contributed by atoms with Crippen molar-refractivity contribution in [2.45, 2.75) is 24.7 Å². The molecule has 0 bridgehead atoms. The van der Waals surface area contributed by atoms with Crippen LogP contribution in [0.4, 0.5) is 0 Å². The molecule has 1 aliphatic rings. The predicted molar refractivity (Wildman–Crippen MR) is 60.2 cm³/mol. The summed E-state index contributed by atoms with van der Waals surface area (Å²) in [5.41, 5.74) is -1.10. The molecule has 1 rings (SSSR count). The van der Waals surface area contributed by atoms with Gasteiger partial charge >= 0.3 is 0 Å². The summed E-state index contributed by atoms with van der Waals surface area (Å²) >= 11 is 2.26. The van der Waals surface area contributed by atoms with Gasteiger partial charge in [-0.05, 0) is 13.8 Å². The van der Waals surface area contributed by atoms with E-state index in [-0.39, 0.29) is 5.78 Å². The fourth-order valence-electron chi connectivity index (χ4n) is 1.24. The van der Waals surface area contributed by atoms with Crippen molar-refractivity contribution >= 4 is 29.3 Å². The van der Waals surface area contributed by atoms with Crippen LogP contribution >= 0.6 is 23.5 Å². The molecule has 0 amide bonds. The molecule has 0 aromatic carbocycles. The lowest BCUT2D eigenvalue weighted by Crippen LogP contribution is -2.45. The highest BCUT2D eigenvalue weighted by molar-refractivity contribution is 8.23. The number of hydrogen-bond donors (Lipinski definition) is 1. The number of carbonyl (C=O) groups is 1. The fourth-order valence-corrected chi connectivity index (χ4v) is 3.73. The molecule has 0 aliphatic carbocycles. The van der Waals surface area contributed by atoms with Crippen LogP contribution in [0.15, 0.2) is 10.4 Å². The molecule has 0 radical (unpaired) electrons. The molecule has 2 atom stereocenters. The van der Waals surface area contributed by atoms with E-state index < -0.39 is 15.8 Å². The van der Waals surface area contributed by atoms with Crippen molar-refractivity contribution in [2.24, 2.45) is 0 Å². The second-order valence-electron chi connectivity index (χ2n) is 3.49. The summed E-state index contributed by atoms with van der Waals surface area (Å²) in [7, 11) is 0. The third-order valence-electron chi connectivity index (χ3n) is 1.89. The summed E-state index contributed by atoms with van der Waals surface area (Å²) < 4.78 is 0.465. The highest BCUT2D eigenvalue weighted by Crippen LogP contribution is 2.44. The molecule has 1 heterocycles. The van der Waals surface area contributed by atoms with Crippen LogP contribution in [0.2, 0.25) is 0 Å². The maximum Gasteiger partial charge on any atom is 0.254 e. The Morgan fingerprint density at radius 1 is 1.80 bits per heavy atom. The van der Waals surface area contributed by atoms with Gasteiger partial charge in [0.2, 0.25) is 0 Å². The second kappa shape index (κ2) is 4.54. The van der Waals surface area contributed by atoms with Gasteiger partial charge in [0, 0.05) is 5.75 Å². The minimum absolute atomic E-state index is 0.167. The zero-order chi connectivity index (χ0) is 11.6. The Morgan fingerprint density at radius 2 is 2.40 bits per heavy atom. The van der Waals surface area contributed by atoms with Crippen molar-refractivity contribution in [3.63, 3.8) is 0 Å². The Bertz CT molecular complexity index is 327. The van der Waals surface area contributed by atoms with Gasteiger partial charge in [-0.25, -0.2) is 0 Å². The average molecular weight is 249 g/mol. The minimum atomic E-state index is -1.10. The highest BCUT2D eigenvalue weighted by Gasteiger charge is 2.41. The summed E-state index contributed by atoms with van der Waals surface area (Å²) in [6.07, 6.45) is 0.876. The third-order valence-corrected chi connectivity index (χ3v) is 5.06. The number of aliphatic hydroxyl groups is 1. The van der Waals surface area contributed by atoms with Crippen molar-refractivity contribution < 1.29 is 14.8 Å². The van der Waals surface area contributed by atoms with Crippen molar-refractivity contribution in [3.05, 3.63) is 20.6 Å². The topological polar surface area (TPSA) is 80.4 Å². The Labute approximate surface area is 95.5 Å². The first kappa shape index (κ1) is 12.5. The Morgan fingerprint density at radius 3 is 2.87 bits per heavy atom. The predicted octanol–water partition coefficient (Wildman–Crippen LogP) is 1.25. The van der Waals surface area contributed by atoms with E-state index in [2.05, 4.69) is 0 Å². The lowest BCUT2D eigenvalue weighted by atomic mass is 10.0. The van der Waals surface area contributed by atoms with Crippen molar-refractivity contribution in [1.82, 2.24) is 0 Å². The first-order valence-corrected chi connectivity index (χ1v) is 6.07. The first-order valence-electron chi connectivity index (χ1n) is 4.20. The van der Waals surface area contributed by atoms with E-state index in [1.54, 1.807) is 6.92 Å². The molecule has 7 heteroatoms. The molecule has 1 aliphatic heterocycles. The quantitative estimate of drug-likeness (QED) is 0.586. The maximum absolute atomic E-state index is 11.3. The molecular formula is C8H11NO4S2. The molecule has 84 valence electrons. The fraction of sp³-hybridized carbons (Fsp3) is 0.625. The molecule has 0 spiro atoms. The molecular weight excluding hydrogens is 238 g/mol. The van der Waals surface area contributed by atoms with Gasteiger partial charge in [-0.15, -0.1) is 11.8 Å². The molecule has 1 saturated heterocycles. The van der Waals surface area contributed by atoms with Crippen LogP contribution in [0.25, 0.3) is 0 Å². The van der Waals surface area contributed by atoms with Crippen molar-refractivity contribution in [3.8, 4) is 0 Å². The van der Waals surface area contributed by atoms with Crippen LogP contribution in [0.3, 0.4) is 0 Å². The maximum atomic E-state index is 11.3. The van der Waals surface area contributed by atoms with Gasteiger partial charge in [-0.2, -0.15) is 0 Å². The number of Topliss-reactive ketones (excluding diaryl/α,β-unsaturated/α-hetero) is 1. The Balaban J connectivity index is 2.84. The molecule has 0 aromatic rings. The molecule has 1 N–H and O–H groups in total. The van der Waals surface area contributed by atoms with E-state index in [1.807, 2.05) is 0 Å². The number of thioether (sulfide) groups is 2. The van der Waals surface area contributed by atoms with E-state index in [0.717, 1.165) is 18.0 Å². The van der Waals surface area contributed by atoms with Crippen LogP contribution in [-0.2, 0) is 4.79 Å². The zero-order valence-electron chi connectivity index (χ0n) is 8.30. The van der Waals surface area contributed by atoms with Gasteiger partial charge in [0.25, 0.3) is 6.20 Å². The smallest absolute Gasteiger partial charge is 0.254 e. The number of rotatable bonds is 2. The van der Waals surface area contributed by atoms with Gasteiger partial charge in [-0.1, -0.05) is 11.8 Å². The Kier molecular flexibility index (Phi) is 3.80. The van der Waals surface area contributed by atoms with Crippen LogP contribution in [0, 0.1) is 10.1 Å². The monoisotopic (exact) mass is 249 g/mol. The van der Waals surface area contributed by atoms with E-state index in [1.165, 1.54) is 18.7 Å². The van der Waals surface area contributed by atoms with Crippen LogP contribution in [0.5, 0.6) is 0 Å². The van der Waals surface area contributed by atoms with E-state index in [0.29, 0.717) is 9.99 Å². The number of ketones is 1. The van der Waals surface area contributed by atoms with Gasteiger partial charge in [-0.3, -0.25) is 14.9 Å². The average Bonchev–Trinajstić information content (AvgIpc) is 2.06. The lowest BCUT2D eigenvalue weighted by Gasteiger charge is -2.34. The zero-order valence-corrected chi connectivity index (χ0v) is 9.93. The van der Waals surface area contributed by atoms with E-state index >= 15 is 0 Å². The molecule has 0 aromatic heterocycles. The summed E-state index contributed by atoms with van der Waals surface area (Å²) in [4.78, 5) is 21.0. The van der Waals surface area contributed by atoms with Crippen LogP contribution in [0.1, 0.15) is 13.8 Å². The summed E-state index contributed by atoms with van der Waals surface area (Å²) in [6.45, 7) is 2.95. The standard InChI is InChI=1S/C8H11NO4S2/c1-5(10)7-8(2,11)4-14-6(15-7)3-9(12)13/h3,7,11H,4H2,1-2H3/b6-3-/t7-,8-/m1/s1.